The molecule has 7 nitrogen and oxygen atoms in total. The summed E-state index contributed by atoms with van der Waals surface area (Å²) in [5.41, 5.74) is 3.26. The molecule has 0 amide bonds. The third kappa shape index (κ3) is 3.99. The van der Waals surface area contributed by atoms with Gasteiger partial charge < -0.3 is 19.5 Å². The maximum absolute atomic E-state index is 15.2. The van der Waals surface area contributed by atoms with E-state index in [-0.39, 0.29) is 5.82 Å². The number of fused-ring (bicyclic) bond motifs is 1. The summed E-state index contributed by atoms with van der Waals surface area (Å²) in [4.78, 5) is 11.6. The van der Waals surface area contributed by atoms with Gasteiger partial charge in [0.2, 0.25) is 0 Å². The third-order valence-electron chi connectivity index (χ3n) is 7.29. The molecule has 1 aromatic carbocycles. The van der Waals surface area contributed by atoms with Crippen molar-refractivity contribution in [2.75, 3.05) is 31.2 Å². The zero-order chi connectivity index (χ0) is 22.5. The van der Waals surface area contributed by atoms with Gasteiger partial charge in [0.05, 0.1) is 12.2 Å². The van der Waals surface area contributed by atoms with Crippen LogP contribution in [0.25, 0.3) is 22.4 Å². The monoisotopic (exact) mass is 451 g/mol. The lowest BCUT2D eigenvalue weighted by atomic mass is 9.98. The molecule has 3 aliphatic rings. The summed E-state index contributed by atoms with van der Waals surface area (Å²) >= 11 is 0. The Balaban J connectivity index is 1.37. The van der Waals surface area contributed by atoms with E-state index < -0.39 is 0 Å². The van der Waals surface area contributed by atoms with Crippen LogP contribution in [0.2, 0.25) is 0 Å². The number of nitrogens with zero attached hydrogens (tertiary/aromatic N) is 4. The van der Waals surface area contributed by atoms with Crippen LogP contribution >= 0.6 is 0 Å². The second kappa shape index (κ2) is 8.33. The molecular formula is C25H30FN5O2. The van der Waals surface area contributed by atoms with Crippen molar-refractivity contribution < 1.29 is 13.7 Å². The summed E-state index contributed by atoms with van der Waals surface area (Å²) in [5.74, 6) is 1.99. The first kappa shape index (κ1) is 21.0. The summed E-state index contributed by atoms with van der Waals surface area (Å²) in [6.45, 7) is 7.15. The Morgan fingerprint density at radius 3 is 2.52 bits per heavy atom. The number of benzene rings is 1. The smallest absolute Gasteiger partial charge is 0.261 e. The number of hydrogen-bond donors (Lipinski definition) is 1. The Kier molecular flexibility index (Phi) is 5.30. The first-order valence-electron chi connectivity index (χ1n) is 12.1. The van der Waals surface area contributed by atoms with E-state index in [2.05, 4.69) is 26.4 Å². The second-order valence-electron chi connectivity index (χ2n) is 9.74. The zero-order valence-corrected chi connectivity index (χ0v) is 19.2. The van der Waals surface area contributed by atoms with Crippen LogP contribution in [0, 0.1) is 19.7 Å². The molecule has 6 rings (SSSR count). The van der Waals surface area contributed by atoms with E-state index in [1.165, 1.54) is 0 Å². The van der Waals surface area contributed by atoms with Gasteiger partial charge in [-0.2, -0.15) is 4.98 Å². The van der Waals surface area contributed by atoms with Crippen molar-refractivity contribution in [1.29, 1.82) is 0 Å². The van der Waals surface area contributed by atoms with Crippen molar-refractivity contribution in [2.45, 2.75) is 64.0 Å². The maximum atomic E-state index is 15.2. The van der Waals surface area contributed by atoms with Gasteiger partial charge in [0.1, 0.15) is 17.2 Å². The topological polar surface area (TPSA) is 76.3 Å². The molecule has 1 N–H and O–H groups in total. The molecule has 3 fully saturated rings. The van der Waals surface area contributed by atoms with Gasteiger partial charge in [0.25, 0.3) is 5.89 Å². The van der Waals surface area contributed by atoms with Gasteiger partial charge in [-0.3, -0.25) is 0 Å². The highest BCUT2D eigenvalue weighted by Gasteiger charge is 2.30. The van der Waals surface area contributed by atoms with E-state index in [0.717, 1.165) is 86.3 Å². The van der Waals surface area contributed by atoms with Crippen LogP contribution in [-0.4, -0.2) is 53.5 Å². The predicted octanol–water partition coefficient (Wildman–Crippen LogP) is 4.27. The standard InChI is InChI=1S/C25H30FN5O2/c1-14-20-11-17(16-3-4-16)12-21(26)23(20)29-24(22(14)25-27-15(2)30-33-25)31-8-5-18(6-9-31)28-19-7-10-32-13-19/h11-12,16,18-19,28H,3-10,13H2,1-2H3. The fourth-order valence-corrected chi connectivity index (χ4v) is 5.28. The normalized spacial score (nSPS) is 21.9. The number of halogens is 1. The number of anilines is 1. The van der Waals surface area contributed by atoms with E-state index in [4.69, 9.17) is 14.2 Å². The zero-order valence-electron chi connectivity index (χ0n) is 19.2. The lowest BCUT2D eigenvalue weighted by molar-refractivity contribution is 0.186. The molecule has 0 spiro atoms. The first-order chi connectivity index (χ1) is 16.1. The van der Waals surface area contributed by atoms with E-state index in [1.807, 2.05) is 13.8 Å². The average molecular weight is 452 g/mol. The highest BCUT2D eigenvalue weighted by molar-refractivity contribution is 5.93. The van der Waals surface area contributed by atoms with Gasteiger partial charge in [0, 0.05) is 37.2 Å². The molecule has 2 aromatic heterocycles. The lowest BCUT2D eigenvalue weighted by Gasteiger charge is -2.35. The third-order valence-corrected chi connectivity index (χ3v) is 7.29. The number of hydrogen-bond acceptors (Lipinski definition) is 7. The van der Waals surface area contributed by atoms with Gasteiger partial charge in [-0.15, -0.1) is 0 Å². The van der Waals surface area contributed by atoms with Crippen molar-refractivity contribution in [1.82, 2.24) is 20.4 Å². The Labute approximate surface area is 192 Å². The molecule has 0 radical (unpaired) electrons. The maximum Gasteiger partial charge on any atom is 0.261 e. The van der Waals surface area contributed by atoms with Crippen LogP contribution in [0.1, 0.15) is 55.0 Å². The summed E-state index contributed by atoms with van der Waals surface area (Å²) in [6.07, 6.45) is 5.33. The molecule has 1 aliphatic carbocycles. The molecule has 8 heteroatoms. The molecule has 1 saturated carbocycles. The lowest BCUT2D eigenvalue weighted by Crippen LogP contribution is -2.46. The average Bonchev–Trinajstić information content (AvgIpc) is 3.38. The van der Waals surface area contributed by atoms with Gasteiger partial charge >= 0.3 is 0 Å². The van der Waals surface area contributed by atoms with Gasteiger partial charge in [-0.25, -0.2) is 9.37 Å². The number of aromatic nitrogens is 3. The number of pyridine rings is 1. The van der Waals surface area contributed by atoms with Crippen LogP contribution in [-0.2, 0) is 4.74 Å². The Hall–Kier alpha value is -2.58. The Bertz CT molecular complexity index is 1180. The number of nitrogens with one attached hydrogen (secondary N) is 1. The van der Waals surface area contributed by atoms with Crippen LogP contribution in [0.5, 0.6) is 0 Å². The van der Waals surface area contributed by atoms with Crippen molar-refractivity contribution in [3.05, 3.63) is 34.9 Å². The molecule has 1 unspecified atom stereocenters. The minimum atomic E-state index is -0.246. The van der Waals surface area contributed by atoms with E-state index in [0.29, 0.717) is 35.2 Å². The SMILES string of the molecule is Cc1noc(-c2c(N3CCC(NC4CCOC4)CC3)nc3c(F)cc(C4CC4)cc3c2C)n1. The van der Waals surface area contributed by atoms with Crippen LogP contribution in [0.3, 0.4) is 0 Å². The van der Waals surface area contributed by atoms with Gasteiger partial charge in [0.15, 0.2) is 5.82 Å². The summed E-state index contributed by atoms with van der Waals surface area (Å²) in [7, 11) is 0. The number of aryl methyl sites for hydroxylation is 2. The summed E-state index contributed by atoms with van der Waals surface area (Å²) in [6, 6.07) is 4.69. The fraction of sp³-hybridized carbons (Fsp3) is 0.560. The van der Waals surface area contributed by atoms with Gasteiger partial charge in [-0.05, 0) is 75.1 Å². The molecule has 1 atom stereocenters. The number of ether oxygens (including phenoxy) is 1. The molecule has 2 saturated heterocycles. The summed E-state index contributed by atoms with van der Waals surface area (Å²) < 4.78 is 26.3. The fourth-order valence-electron chi connectivity index (χ4n) is 5.28. The molecular weight excluding hydrogens is 421 g/mol. The van der Waals surface area contributed by atoms with Crippen LogP contribution in [0.4, 0.5) is 10.2 Å². The molecule has 174 valence electrons. The highest BCUT2D eigenvalue weighted by atomic mass is 19.1. The largest absolute Gasteiger partial charge is 0.380 e. The van der Waals surface area contributed by atoms with Crippen LogP contribution in [0.15, 0.2) is 16.7 Å². The molecule has 2 aliphatic heterocycles. The van der Waals surface area contributed by atoms with Crippen molar-refractivity contribution in [3.8, 4) is 11.5 Å². The predicted molar refractivity (Wildman–Crippen MR) is 124 cm³/mol. The molecule has 33 heavy (non-hydrogen) atoms. The van der Waals surface area contributed by atoms with Crippen molar-refractivity contribution >= 4 is 16.7 Å². The highest BCUT2D eigenvalue weighted by Crippen LogP contribution is 2.43. The number of rotatable bonds is 5. The Morgan fingerprint density at radius 2 is 1.85 bits per heavy atom. The quantitative estimate of drug-likeness (QED) is 0.621. The second-order valence-corrected chi connectivity index (χ2v) is 9.74. The first-order valence-corrected chi connectivity index (χ1v) is 12.1. The van der Waals surface area contributed by atoms with Crippen molar-refractivity contribution in [2.24, 2.45) is 0 Å². The van der Waals surface area contributed by atoms with Crippen molar-refractivity contribution in [3.63, 3.8) is 0 Å². The minimum absolute atomic E-state index is 0.246. The molecule has 4 heterocycles. The minimum Gasteiger partial charge on any atom is -0.380 e. The summed E-state index contributed by atoms with van der Waals surface area (Å²) in [5, 5.41) is 8.59. The molecule has 0 bridgehead atoms. The van der Waals surface area contributed by atoms with E-state index >= 15 is 4.39 Å². The van der Waals surface area contributed by atoms with Crippen LogP contribution < -0.4 is 10.2 Å². The van der Waals surface area contributed by atoms with Gasteiger partial charge in [-0.1, -0.05) is 5.16 Å². The molecule has 3 aromatic rings. The number of piperidine rings is 1. The van der Waals surface area contributed by atoms with E-state index in [1.54, 1.807) is 6.07 Å². The Morgan fingerprint density at radius 1 is 1.03 bits per heavy atom. The van der Waals surface area contributed by atoms with E-state index in [9.17, 15) is 0 Å².